The summed E-state index contributed by atoms with van der Waals surface area (Å²) in [5.74, 6) is -0.832. The number of anilines is 1. The highest BCUT2D eigenvalue weighted by Crippen LogP contribution is 2.29. The summed E-state index contributed by atoms with van der Waals surface area (Å²) in [5.41, 5.74) is 1.51. The topological polar surface area (TPSA) is 92.3 Å². The molecule has 3 aromatic rings. The zero-order valence-corrected chi connectivity index (χ0v) is 20.0. The number of carbonyl (C=O) groups excluding carboxylic acids is 1. The second-order valence-electron chi connectivity index (χ2n) is 7.49. The number of nitrogens with zero attached hydrogens (tertiary/aromatic N) is 3. The van der Waals surface area contributed by atoms with Crippen molar-refractivity contribution in [3.05, 3.63) is 64.1 Å². The number of rotatable bonds is 6. The standard InChI is InChI=1S/C21H20Cl2N4O3S2/c22-17-7-3-14(4-8-17)13-32(29,30)27-11-1-2-16(12-27)19(28)24-21-26-25-20(31-21)15-5-9-18(23)10-6-15/h3-10,16H,1-2,11-13H2,(H,24,26,28)/t16-/m1/s1. The molecule has 1 aliphatic rings. The molecule has 1 atom stereocenters. The highest BCUT2D eigenvalue weighted by molar-refractivity contribution is 7.88. The van der Waals surface area contributed by atoms with Gasteiger partial charge < -0.3 is 5.32 Å². The van der Waals surface area contributed by atoms with E-state index in [1.54, 1.807) is 36.4 Å². The van der Waals surface area contributed by atoms with Crippen molar-refractivity contribution < 1.29 is 13.2 Å². The van der Waals surface area contributed by atoms with Crippen molar-refractivity contribution in [1.82, 2.24) is 14.5 Å². The molecule has 0 radical (unpaired) electrons. The van der Waals surface area contributed by atoms with E-state index < -0.39 is 15.9 Å². The van der Waals surface area contributed by atoms with E-state index in [2.05, 4.69) is 15.5 Å². The molecule has 1 aliphatic heterocycles. The van der Waals surface area contributed by atoms with Crippen LogP contribution in [0.25, 0.3) is 10.6 Å². The maximum Gasteiger partial charge on any atom is 0.230 e. The molecule has 0 unspecified atom stereocenters. The molecule has 1 aromatic heterocycles. The van der Waals surface area contributed by atoms with Gasteiger partial charge in [0.1, 0.15) is 5.01 Å². The Kier molecular flexibility index (Phi) is 7.11. The lowest BCUT2D eigenvalue weighted by molar-refractivity contribution is -0.120. The molecular weight excluding hydrogens is 491 g/mol. The van der Waals surface area contributed by atoms with Gasteiger partial charge in [0.25, 0.3) is 0 Å². The van der Waals surface area contributed by atoms with Crippen LogP contribution in [0.2, 0.25) is 10.0 Å². The normalized spacial score (nSPS) is 17.2. The molecule has 11 heteroatoms. The third-order valence-electron chi connectivity index (χ3n) is 5.16. The van der Waals surface area contributed by atoms with Crippen LogP contribution >= 0.6 is 34.5 Å². The summed E-state index contributed by atoms with van der Waals surface area (Å²) in [6.45, 7) is 0.545. The van der Waals surface area contributed by atoms with Gasteiger partial charge in [0, 0.05) is 28.7 Å². The second kappa shape index (κ2) is 9.84. The largest absolute Gasteiger partial charge is 0.300 e. The first kappa shape index (κ1) is 23.1. The molecule has 2 aromatic carbocycles. The number of amides is 1. The summed E-state index contributed by atoms with van der Waals surface area (Å²) in [6, 6.07) is 13.9. The number of aromatic nitrogens is 2. The number of benzene rings is 2. The summed E-state index contributed by atoms with van der Waals surface area (Å²) < 4.78 is 27.2. The number of piperidine rings is 1. The lowest BCUT2D eigenvalue weighted by atomic mass is 9.99. The zero-order valence-electron chi connectivity index (χ0n) is 16.9. The lowest BCUT2D eigenvalue weighted by Crippen LogP contribution is -2.44. The monoisotopic (exact) mass is 510 g/mol. The number of sulfonamides is 1. The van der Waals surface area contributed by atoms with Gasteiger partial charge in [0.2, 0.25) is 21.1 Å². The smallest absolute Gasteiger partial charge is 0.230 e. The van der Waals surface area contributed by atoms with Gasteiger partial charge in [0.05, 0.1) is 11.7 Å². The van der Waals surface area contributed by atoms with E-state index in [1.165, 1.54) is 15.6 Å². The first-order chi connectivity index (χ1) is 15.3. The molecule has 4 rings (SSSR count). The first-order valence-electron chi connectivity index (χ1n) is 9.93. The zero-order chi connectivity index (χ0) is 22.7. The van der Waals surface area contributed by atoms with Crippen LogP contribution in [0.5, 0.6) is 0 Å². The van der Waals surface area contributed by atoms with Crippen LogP contribution in [0.4, 0.5) is 5.13 Å². The maximum absolute atomic E-state index is 12.9. The number of nitrogens with one attached hydrogen (secondary N) is 1. The Morgan fingerprint density at radius 3 is 2.41 bits per heavy atom. The van der Waals surface area contributed by atoms with Crippen LogP contribution in [0.1, 0.15) is 18.4 Å². The van der Waals surface area contributed by atoms with Crippen molar-refractivity contribution in [1.29, 1.82) is 0 Å². The van der Waals surface area contributed by atoms with Crippen LogP contribution in [0.15, 0.2) is 48.5 Å². The Morgan fingerprint density at radius 1 is 1.06 bits per heavy atom. The Bertz CT molecular complexity index is 1200. The summed E-state index contributed by atoms with van der Waals surface area (Å²) in [5, 5.41) is 13.2. The Morgan fingerprint density at radius 2 is 1.72 bits per heavy atom. The average Bonchev–Trinajstić information content (AvgIpc) is 3.24. The summed E-state index contributed by atoms with van der Waals surface area (Å²) in [4.78, 5) is 12.8. The molecule has 7 nitrogen and oxygen atoms in total. The molecule has 0 saturated carbocycles. The van der Waals surface area contributed by atoms with E-state index in [9.17, 15) is 13.2 Å². The molecule has 0 aliphatic carbocycles. The van der Waals surface area contributed by atoms with Crippen LogP contribution in [0.3, 0.4) is 0 Å². The molecule has 2 heterocycles. The van der Waals surface area contributed by atoms with E-state index in [4.69, 9.17) is 23.2 Å². The van der Waals surface area contributed by atoms with Crippen molar-refractivity contribution in [2.24, 2.45) is 5.92 Å². The van der Waals surface area contributed by atoms with Crippen molar-refractivity contribution in [3.8, 4) is 10.6 Å². The van der Waals surface area contributed by atoms with Crippen molar-refractivity contribution in [3.63, 3.8) is 0 Å². The van der Waals surface area contributed by atoms with Gasteiger partial charge in [-0.05, 0) is 42.7 Å². The Labute approximate surface area is 200 Å². The van der Waals surface area contributed by atoms with Crippen LogP contribution in [-0.4, -0.2) is 41.9 Å². The molecule has 32 heavy (non-hydrogen) atoms. The van der Waals surface area contributed by atoms with Gasteiger partial charge in [-0.15, -0.1) is 10.2 Å². The lowest BCUT2D eigenvalue weighted by Gasteiger charge is -2.31. The van der Waals surface area contributed by atoms with E-state index in [1.807, 2.05) is 12.1 Å². The fourth-order valence-electron chi connectivity index (χ4n) is 3.48. The summed E-state index contributed by atoms with van der Waals surface area (Å²) in [7, 11) is -3.55. The quantitative estimate of drug-likeness (QED) is 0.518. The SMILES string of the molecule is O=C(Nc1nnc(-c2ccc(Cl)cc2)s1)[C@@H]1CCCN(S(=O)(=O)Cc2ccc(Cl)cc2)C1. The predicted molar refractivity (Wildman–Crippen MR) is 127 cm³/mol. The molecule has 1 amide bonds. The Balaban J connectivity index is 1.39. The minimum absolute atomic E-state index is 0.126. The van der Waals surface area contributed by atoms with E-state index in [-0.39, 0.29) is 18.2 Å². The molecule has 168 valence electrons. The highest BCUT2D eigenvalue weighted by atomic mass is 35.5. The van der Waals surface area contributed by atoms with Crippen molar-refractivity contribution in [2.75, 3.05) is 18.4 Å². The minimum Gasteiger partial charge on any atom is -0.300 e. The third-order valence-corrected chi connectivity index (χ3v) is 8.37. The average molecular weight is 511 g/mol. The maximum atomic E-state index is 12.9. The number of hydrogen-bond acceptors (Lipinski definition) is 6. The van der Waals surface area contributed by atoms with Crippen molar-refractivity contribution in [2.45, 2.75) is 18.6 Å². The highest BCUT2D eigenvalue weighted by Gasteiger charge is 2.32. The van der Waals surface area contributed by atoms with Gasteiger partial charge in [-0.2, -0.15) is 0 Å². The molecule has 1 fully saturated rings. The van der Waals surface area contributed by atoms with E-state index >= 15 is 0 Å². The summed E-state index contributed by atoms with van der Waals surface area (Å²) in [6.07, 6.45) is 1.23. The summed E-state index contributed by atoms with van der Waals surface area (Å²) >= 11 is 13.0. The van der Waals surface area contributed by atoms with Gasteiger partial charge in [0.15, 0.2) is 0 Å². The Hall–Kier alpha value is -2.04. The number of halogens is 2. The van der Waals surface area contributed by atoms with Gasteiger partial charge in [-0.3, -0.25) is 4.79 Å². The third kappa shape index (κ3) is 5.65. The number of carbonyl (C=O) groups is 1. The van der Waals surface area contributed by atoms with Crippen LogP contribution < -0.4 is 5.32 Å². The van der Waals surface area contributed by atoms with Crippen molar-refractivity contribution >= 4 is 55.6 Å². The minimum atomic E-state index is -3.55. The molecule has 0 spiro atoms. The van der Waals surface area contributed by atoms with Crippen LogP contribution in [-0.2, 0) is 20.6 Å². The van der Waals surface area contributed by atoms with E-state index in [0.29, 0.717) is 45.1 Å². The molecule has 0 bridgehead atoms. The fraction of sp³-hybridized carbons (Fsp3) is 0.286. The fourth-order valence-corrected chi connectivity index (χ4v) is 6.10. The van der Waals surface area contributed by atoms with Gasteiger partial charge >= 0.3 is 0 Å². The number of hydrogen-bond donors (Lipinski definition) is 1. The molecule has 1 N–H and O–H groups in total. The van der Waals surface area contributed by atoms with Gasteiger partial charge in [-0.1, -0.05) is 58.8 Å². The molecule has 1 saturated heterocycles. The van der Waals surface area contributed by atoms with E-state index in [0.717, 1.165) is 5.56 Å². The van der Waals surface area contributed by atoms with Gasteiger partial charge in [-0.25, -0.2) is 12.7 Å². The van der Waals surface area contributed by atoms with Crippen LogP contribution in [0, 0.1) is 5.92 Å². The molecular formula is C21H20Cl2N4O3S2. The first-order valence-corrected chi connectivity index (χ1v) is 13.1. The predicted octanol–water partition coefficient (Wildman–Crippen LogP) is 4.69. The second-order valence-corrected chi connectivity index (χ2v) is 11.3.